The Morgan fingerprint density at radius 2 is 1.56 bits per heavy atom. The lowest BCUT2D eigenvalue weighted by Crippen LogP contribution is -2.67. The molecule has 0 N–H and O–H groups in total. The van der Waals surface area contributed by atoms with E-state index in [1.54, 1.807) is 0 Å². The van der Waals surface area contributed by atoms with E-state index in [0.717, 1.165) is 6.29 Å². The minimum atomic E-state index is -2.64. The highest BCUT2D eigenvalue weighted by molar-refractivity contribution is 6.99. The Labute approximate surface area is 164 Å². The Kier molecular flexibility index (Phi) is 7.35. The minimum absolute atomic E-state index is 0.108. The molecule has 2 rings (SSSR count). The van der Waals surface area contributed by atoms with Gasteiger partial charge in [-0.25, -0.2) is 0 Å². The third-order valence-corrected chi connectivity index (χ3v) is 9.78. The highest BCUT2D eigenvalue weighted by atomic mass is 28.4. The summed E-state index contributed by atoms with van der Waals surface area (Å²) in [4.78, 5) is 10.5. The van der Waals surface area contributed by atoms with Crippen molar-refractivity contribution in [2.75, 3.05) is 0 Å². The number of rotatable bonds is 8. The number of allylic oxidation sites excluding steroid dienone is 2. The summed E-state index contributed by atoms with van der Waals surface area (Å²) in [5.41, 5.74) is 0. The predicted molar refractivity (Wildman–Crippen MR) is 116 cm³/mol. The lowest BCUT2D eigenvalue weighted by Gasteiger charge is -2.44. The molecule has 0 aromatic heterocycles. The summed E-state index contributed by atoms with van der Waals surface area (Å²) in [6.07, 6.45) is 11.1. The molecule has 0 saturated heterocycles. The van der Waals surface area contributed by atoms with Crippen molar-refractivity contribution in [3.63, 3.8) is 0 Å². The van der Waals surface area contributed by atoms with E-state index >= 15 is 0 Å². The SMILES string of the molecule is C#C[C@H](CC/C=C/C=O)O[Si](c1ccccc1)(c1ccccc1)C(C)(C)C. The molecule has 2 nitrogen and oxygen atoms in total. The normalized spacial score (nSPS) is 13.3. The fourth-order valence-electron chi connectivity index (χ4n) is 3.48. The number of benzene rings is 2. The zero-order chi connectivity index (χ0) is 19.8. The fraction of sp³-hybridized carbons (Fsp3) is 0.292. The molecule has 0 bridgehead atoms. The average molecular weight is 377 g/mol. The van der Waals surface area contributed by atoms with Crippen molar-refractivity contribution in [1.29, 1.82) is 0 Å². The van der Waals surface area contributed by atoms with Gasteiger partial charge in [-0.3, -0.25) is 4.79 Å². The van der Waals surface area contributed by atoms with Gasteiger partial charge in [0, 0.05) is 0 Å². The number of hydrogen-bond donors (Lipinski definition) is 0. The van der Waals surface area contributed by atoms with E-state index in [4.69, 9.17) is 10.8 Å². The highest BCUT2D eigenvalue weighted by Gasteiger charge is 2.51. The summed E-state index contributed by atoms with van der Waals surface area (Å²) in [5.74, 6) is 2.84. The van der Waals surface area contributed by atoms with Crippen LogP contribution in [0.15, 0.2) is 72.8 Å². The Bertz CT molecular complexity index is 743. The van der Waals surface area contributed by atoms with E-state index in [0.29, 0.717) is 12.8 Å². The van der Waals surface area contributed by atoms with Gasteiger partial charge in [0.2, 0.25) is 0 Å². The maximum atomic E-state index is 10.5. The molecule has 140 valence electrons. The van der Waals surface area contributed by atoms with Crippen LogP contribution in [0.3, 0.4) is 0 Å². The van der Waals surface area contributed by atoms with Gasteiger partial charge in [-0.05, 0) is 34.3 Å². The fourth-order valence-corrected chi connectivity index (χ4v) is 8.11. The van der Waals surface area contributed by atoms with Gasteiger partial charge in [-0.1, -0.05) is 93.4 Å². The molecule has 2 aromatic rings. The summed E-state index contributed by atoms with van der Waals surface area (Å²) < 4.78 is 6.88. The second kappa shape index (κ2) is 9.50. The Morgan fingerprint density at radius 1 is 1.04 bits per heavy atom. The van der Waals surface area contributed by atoms with E-state index in [-0.39, 0.29) is 11.1 Å². The number of aldehydes is 1. The molecule has 1 atom stereocenters. The van der Waals surface area contributed by atoms with Crippen LogP contribution < -0.4 is 10.4 Å². The molecule has 2 aromatic carbocycles. The first kappa shape index (κ1) is 20.9. The molecule has 0 fully saturated rings. The second-order valence-corrected chi connectivity index (χ2v) is 11.8. The van der Waals surface area contributed by atoms with Crippen LogP contribution in [0.25, 0.3) is 0 Å². The molecule has 0 spiro atoms. The van der Waals surface area contributed by atoms with Crippen molar-refractivity contribution in [2.24, 2.45) is 0 Å². The van der Waals surface area contributed by atoms with E-state index in [1.807, 2.05) is 18.2 Å². The Hall–Kier alpha value is -2.41. The summed E-state index contributed by atoms with van der Waals surface area (Å²) >= 11 is 0. The molecule has 0 aliphatic heterocycles. The van der Waals surface area contributed by atoms with Gasteiger partial charge in [0.15, 0.2) is 0 Å². The van der Waals surface area contributed by atoms with E-state index in [1.165, 1.54) is 16.4 Å². The maximum absolute atomic E-state index is 10.5. The average Bonchev–Trinajstić information content (AvgIpc) is 2.68. The monoisotopic (exact) mass is 376 g/mol. The van der Waals surface area contributed by atoms with Crippen molar-refractivity contribution in [3.05, 3.63) is 72.8 Å². The van der Waals surface area contributed by atoms with Crippen LogP contribution in [-0.2, 0) is 9.22 Å². The van der Waals surface area contributed by atoms with Crippen molar-refractivity contribution in [2.45, 2.75) is 44.8 Å². The van der Waals surface area contributed by atoms with Crippen LogP contribution in [0.4, 0.5) is 0 Å². The van der Waals surface area contributed by atoms with Gasteiger partial charge in [0.1, 0.15) is 12.4 Å². The van der Waals surface area contributed by atoms with Gasteiger partial charge >= 0.3 is 0 Å². The number of terminal acetylenes is 1. The van der Waals surface area contributed by atoms with Gasteiger partial charge in [0.05, 0.1) is 0 Å². The van der Waals surface area contributed by atoms with Crippen LogP contribution in [0, 0.1) is 12.3 Å². The second-order valence-electron chi connectivity index (χ2n) is 7.58. The summed E-state index contributed by atoms with van der Waals surface area (Å²) in [7, 11) is -2.64. The summed E-state index contributed by atoms with van der Waals surface area (Å²) in [6.45, 7) is 6.71. The van der Waals surface area contributed by atoms with Gasteiger partial charge in [0.25, 0.3) is 8.32 Å². The van der Waals surface area contributed by atoms with Gasteiger partial charge in [-0.15, -0.1) is 6.42 Å². The minimum Gasteiger partial charge on any atom is -0.394 e. The molecule has 0 aliphatic carbocycles. The van der Waals surface area contributed by atoms with Crippen LogP contribution in [0.1, 0.15) is 33.6 Å². The first-order valence-electron chi connectivity index (χ1n) is 9.31. The molecule has 0 heterocycles. The highest BCUT2D eigenvalue weighted by Crippen LogP contribution is 2.37. The van der Waals surface area contributed by atoms with Crippen LogP contribution in [-0.4, -0.2) is 20.7 Å². The number of hydrogen-bond acceptors (Lipinski definition) is 2. The number of carbonyl (C=O) groups excluding carboxylic acids is 1. The van der Waals surface area contributed by atoms with Crippen molar-refractivity contribution in [3.8, 4) is 12.3 Å². The molecule has 0 amide bonds. The Balaban J connectivity index is 2.53. The molecule has 27 heavy (non-hydrogen) atoms. The maximum Gasteiger partial charge on any atom is 0.262 e. The van der Waals surface area contributed by atoms with E-state index < -0.39 is 8.32 Å². The summed E-state index contributed by atoms with van der Waals surface area (Å²) in [6, 6.07) is 20.9. The third-order valence-electron chi connectivity index (χ3n) is 4.73. The van der Waals surface area contributed by atoms with E-state index in [2.05, 4.69) is 75.2 Å². The third kappa shape index (κ3) is 4.85. The van der Waals surface area contributed by atoms with Crippen LogP contribution in [0.5, 0.6) is 0 Å². The largest absolute Gasteiger partial charge is 0.394 e. The lowest BCUT2D eigenvalue weighted by molar-refractivity contribution is -0.104. The predicted octanol–water partition coefficient (Wildman–Crippen LogP) is 4.10. The van der Waals surface area contributed by atoms with Crippen LogP contribution in [0.2, 0.25) is 5.04 Å². The smallest absolute Gasteiger partial charge is 0.262 e. The molecule has 0 unspecified atom stereocenters. The Morgan fingerprint density at radius 3 is 1.96 bits per heavy atom. The number of carbonyl (C=O) groups is 1. The zero-order valence-electron chi connectivity index (χ0n) is 16.4. The zero-order valence-corrected chi connectivity index (χ0v) is 17.4. The first-order chi connectivity index (χ1) is 13.0. The van der Waals surface area contributed by atoms with Gasteiger partial charge < -0.3 is 4.43 Å². The topological polar surface area (TPSA) is 26.3 Å². The molecular formula is C24H28O2Si. The standard InChI is InChI=1S/C24H28O2Si/c1-5-21(15-9-8-14-20-25)26-27(24(2,3)4,22-16-10-6-11-17-22)23-18-12-7-13-19-23/h1,6-8,10-14,16-21H,9,15H2,2-4H3/b14-8+/t21-/m1/s1. The quantitative estimate of drug-likeness (QED) is 0.300. The summed E-state index contributed by atoms with van der Waals surface area (Å²) in [5, 5.41) is 2.32. The van der Waals surface area contributed by atoms with Gasteiger partial charge in [-0.2, -0.15) is 0 Å². The molecular weight excluding hydrogens is 348 g/mol. The first-order valence-corrected chi connectivity index (χ1v) is 11.2. The van der Waals surface area contributed by atoms with Crippen molar-refractivity contribution < 1.29 is 9.22 Å². The lowest BCUT2D eigenvalue weighted by atomic mass is 10.2. The van der Waals surface area contributed by atoms with Crippen molar-refractivity contribution in [1.82, 2.24) is 0 Å². The molecule has 3 heteroatoms. The molecule has 0 saturated carbocycles. The molecule has 0 aliphatic rings. The van der Waals surface area contributed by atoms with Crippen LogP contribution >= 0.6 is 0 Å². The molecule has 0 radical (unpaired) electrons. The van der Waals surface area contributed by atoms with Crippen molar-refractivity contribution >= 4 is 25.0 Å². The van der Waals surface area contributed by atoms with E-state index in [9.17, 15) is 4.79 Å².